The van der Waals surface area contributed by atoms with Crippen LogP contribution in [0.15, 0.2) is 0 Å². The minimum absolute atomic E-state index is 0.377. The summed E-state index contributed by atoms with van der Waals surface area (Å²) in [5.74, 6) is -0.573. The van der Waals surface area contributed by atoms with Crippen molar-refractivity contribution in [2.24, 2.45) is 0 Å². The largest absolute Gasteiger partial charge is 0.394 e. The van der Waals surface area contributed by atoms with E-state index in [9.17, 15) is 25.2 Å². The Bertz CT molecular complexity index is 1030. The van der Waals surface area contributed by atoms with Gasteiger partial charge < -0.3 is 25.7 Å². The molecule has 0 radical (unpaired) electrons. The Hall–Kier alpha value is -0.690. The first-order valence-electron chi connectivity index (χ1n) is 33.9. The molecule has 0 aromatic heterocycles. The van der Waals surface area contributed by atoms with E-state index in [2.05, 4.69) is 19.2 Å². The molecule has 0 aliphatic carbocycles. The van der Waals surface area contributed by atoms with Gasteiger partial charge in [-0.3, -0.25) is 4.79 Å². The molecule has 0 aliphatic rings. The molecule has 0 spiro atoms. The van der Waals surface area contributed by atoms with Crippen LogP contribution in [0, 0.1) is 0 Å². The van der Waals surface area contributed by atoms with Crippen molar-refractivity contribution in [1.82, 2.24) is 5.32 Å². The zero-order chi connectivity index (χ0) is 53.0. The van der Waals surface area contributed by atoms with E-state index in [0.717, 1.165) is 38.5 Å². The summed E-state index contributed by atoms with van der Waals surface area (Å²) in [5, 5.41) is 44.2. The number of hydrogen-bond donors (Lipinski definition) is 5. The third-order valence-electron chi connectivity index (χ3n) is 16.6. The molecule has 0 bridgehead atoms. The van der Waals surface area contributed by atoms with Gasteiger partial charge >= 0.3 is 0 Å². The van der Waals surface area contributed by atoms with E-state index < -0.39 is 36.9 Å². The maximum absolute atomic E-state index is 12.7. The minimum atomic E-state index is -1.26. The highest BCUT2D eigenvalue weighted by Crippen LogP contribution is 2.20. The lowest BCUT2D eigenvalue weighted by Crippen LogP contribution is -2.53. The lowest BCUT2D eigenvalue weighted by molar-refractivity contribution is -0.132. The predicted molar refractivity (Wildman–Crippen MR) is 321 cm³/mol. The SMILES string of the molecule is CCCCCCCCCCCCCCCCCCCCCCCCCCCCCCCCC(O)C(=O)NC(CO)C(O)C(O)CCCCCCCCCCCCCCCCCCCCCCCCCCCCC. The van der Waals surface area contributed by atoms with E-state index in [1.165, 1.54) is 327 Å². The average Bonchev–Trinajstić information content (AvgIpc) is 3.40. The number of aliphatic hydroxyl groups is 4. The molecule has 4 atom stereocenters. The molecule has 0 saturated carbocycles. The van der Waals surface area contributed by atoms with Gasteiger partial charge in [0.2, 0.25) is 5.91 Å². The fourth-order valence-corrected chi connectivity index (χ4v) is 11.3. The van der Waals surface area contributed by atoms with Crippen LogP contribution in [0.3, 0.4) is 0 Å². The van der Waals surface area contributed by atoms with Crippen LogP contribution in [0.4, 0.5) is 0 Å². The maximum atomic E-state index is 12.7. The molecule has 4 unspecified atom stereocenters. The number of rotatable bonds is 64. The quantitative estimate of drug-likeness (QED) is 0.0390. The van der Waals surface area contributed by atoms with Gasteiger partial charge in [0.25, 0.3) is 0 Å². The van der Waals surface area contributed by atoms with Crippen molar-refractivity contribution < 1.29 is 25.2 Å². The fourth-order valence-electron chi connectivity index (χ4n) is 11.3. The van der Waals surface area contributed by atoms with Crippen molar-refractivity contribution >= 4 is 5.91 Å². The van der Waals surface area contributed by atoms with Crippen LogP contribution in [-0.2, 0) is 4.79 Å². The highest BCUT2D eigenvalue weighted by molar-refractivity contribution is 5.80. The summed E-state index contributed by atoms with van der Waals surface area (Å²) in [4.78, 5) is 12.7. The van der Waals surface area contributed by atoms with Gasteiger partial charge in [0, 0.05) is 0 Å². The molecule has 0 fully saturated rings. The average molecular weight is 1030 g/mol. The molecule has 0 aromatic rings. The zero-order valence-corrected chi connectivity index (χ0v) is 49.9. The van der Waals surface area contributed by atoms with Gasteiger partial charge in [-0.05, 0) is 12.8 Å². The van der Waals surface area contributed by atoms with Crippen LogP contribution in [-0.4, -0.2) is 57.3 Å². The summed E-state index contributed by atoms with van der Waals surface area (Å²) >= 11 is 0. The molecular formula is C67H135NO5. The van der Waals surface area contributed by atoms with Gasteiger partial charge in [-0.1, -0.05) is 380 Å². The second kappa shape index (κ2) is 62.2. The Labute approximate surface area is 458 Å². The molecule has 0 aromatic carbocycles. The van der Waals surface area contributed by atoms with Crippen LogP contribution in [0.25, 0.3) is 0 Å². The highest BCUT2D eigenvalue weighted by atomic mass is 16.3. The second-order valence-electron chi connectivity index (χ2n) is 23.9. The molecule has 6 nitrogen and oxygen atoms in total. The first-order chi connectivity index (χ1) is 36.0. The van der Waals surface area contributed by atoms with Gasteiger partial charge in [-0.2, -0.15) is 0 Å². The molecule has 0 aliphatic heterocycles. The lowest BCUT2D eigenvalue weighted by atomic mass is 9.99. The summed E-state index contributed by atoms with van der Waals surface area (Å²) in [6.07, 6.45) is 75.0. The molecule has 0 rings (SSSR count). The highest BCUT2D eigenvalue weighted by Gasteiger charge is 2.28. The first-order valence-corrected chi connectivity index (χ1v) is 33.9. The van der Waals surface area contributed by atoms with Crippen LogP contribution in [0.2, 0.25) is 0 Å². The smallest absolute Gasteiger partial charge is 0.249 e. The first kappa shape index (κ1) is 72.3. The summed E-state index contributed by atoms with van der Waals surface area (Å²) in [6.45, 7) is 4.12. The Kier molecular flexibility index (Phi) is 61.6. The van der Waals surface area contributed by atoms with E-state index >= 15 is 0 Å². The summed E-state index contributed by atoms with van der Waals surface area (Å²) in [6, 6.07) is -0.982. The zero-order valence-electron chi connectivity index (χ0n) is 49.9. The normalized spacial score (nSPS) is 13.5. The van der Waals surface area contributed by atoms with Crippen molar-refractivity contribution in [3.05, 3.63) is 0 Å². The maximum Gasteiger partial charge on any atom is 0.249 e. The number of unbranched alkanes of at least 4 members (excludes halogenated alkanes) is 55. The summed E-state index contributed by atoms with van der Waals surface area (Å²) in [7, 11) is 0. The van der Waals surface area contributed by atoms with Crippen LogP contribution >= 0.6 is 0 Å². The van der Waals surface area contributed by atoms with Gasteiger partial charge in [0.05, 0.1) is 18.8 Å². The second-order valence-corrected chi connectivity index (χ2v) is 23.9. The number of amides is 1. The molecular weight excluding hydrogens is 899 g/mol. The summed E-state index contributed by atoms with van der Waals surface area (Å²) < 4.78 is 0. The Morgan fingerprint density at radius 3 is 0.658 bits per heavy atom. The van der Waals surface area contributed by atoms with E-state index in [1.807, 2.05) is 0 Å². The fraction of sp³-hybridized carbons (Fsp3) is 0.985. The van der Waals surface area contributed by atoms with E-state index in [-0.39, 0.29) is 0 Å². The number of aliphatic hydroxyl groups excluding tert-OH is 4. The van der Waals surface area contributed by atoms with Crippen molar-refractivity contribution in [3.63, 3.8) is 0 Å². The van der Waals surface area contributed by atoms with Gasteiger partial charge in [-0.25, -0.2) is 0 Å². The van der Waals surface area contributed by atoms with Crippen molar-refractivity contribution in [3.8, 4) is 0 Å². The van der Waals surface area contributed by atoms with Crippen molar-refractivity contribution in [2.45, 2.75) is 417 Å². The third-order valence-corrected chi connectivity index (χ3v) is 16.6. The monoisotopic (exact) mass is 1030 g/mol. The topological polar surface area (TPSA) is 110 Å². The number of hydrogen-bond acceptors (Lipinski definition) is 5. The molecule has 6 heteroatoms. The van der Waals surface area contributed by atoms with E-state index in [0.29, 0.717) is 12.8 Å². The van der Waals surface area contributed by atoms with E-state index in [4.69, 9.17) is 0 Å². The molecule has 73 heavy (non-hydrogen) atoms. The number of carbonyl (C=O) groups excluding carboxylic acids is 1. The Morgan fingerprint density at radius 2 is 0.466 bits per heavy atom. The predicted octanol–water partition coefficient (Wildman–Crippen LogP) is 20.6. The summed E-state index contributed by atoms with van der Waals surface area (Å²) in [5.41, 5.74) is 0. The van der Waals surface area contributed by atoms with Gasteiger partial charge in [-0.15, -0.1) is 0 Å². The molecule has 0 heterocycles. The minimum Gasteiger partial charge on any atom is -0.394 e. The van der Waals surface area contributed by atoms with Crippen LogP contribution in [0.5, 0.6) is 0 Å². The van der Waals surface area contributed by atoms with Gasteiger partial charge in [0.15, 0.2) is 0 Å². The molecule has 438 valence electrons. The Balaban J connectivity index is 3.51. The third kappa shape index (κ3) is 55.9. The molecule has 1 amide bonds. The number of carbonyl (C=O) groups is 1. The molecule has 0 saturated heterocycles. The van der Waals surface area contributed by atoms with Crippen molar-refractivity contribution in [1.29, 1.82) is 0 Å². The van der Waals surface area contributed by atoms with E-state index in [1.54, 1.807) is 0 Å². The van der Waals surface area contributed by atoms with Crippen LogP contribution < -0.4 is 5.32 Å². The number of nitrogens with one attached hydrogen (secondary N) is 1. The lowest BCUT2D eigenvalue weighted by Gasteiger charge is -2.27. The molecule has 5 N–H and O–H groups in total. The van der Waals surface area contributed by atoms with Crippen molar-refractivity contribution in [2.75, 3.05) is 6.61 Å². The van der Waals surface area contributed by atoms with Crippen LogP contribution in [0.1, 0.15) is 393 Å². The Morgan fingerprint density at radius 1 is 0.288 bits per heavy atom. The van der Waals surface area contributed by atoms with Gasteiger partial charge in [0.1, 0.15) is 12.2 Å². The standard InChI is InChI=1S/C67H135NO5/c1-3-5-7-9-11-13-15-17-19-21-23-25-27-29-31-32-33-35-37-39-41-43-45-47-49-51-53-55-57-59-61-65(71)67(73)68-63(62-69)66(72)64(70)60-58-56-54-52-50-48-46-44-42-40-38-36-34-30-28-26-24-22-20-18-16-14-12-10-8-6-4-2/h63-66,69-72H,3-62H2,1-2H3,(H,68,73).